The van der Waals surface area contributed by atoms with Crippen LogP contribution < -0.4 is 56.3 Å². The number of aryl methyl sites for hydroxylation is 1. The van der Waals surface area contributed by atoms with Gasteiger partial charge in [0.15, 0.2) is 0 Å². The third-order valence-corrected chi connectivity index (χ3v) is 4.71. The van der Waals surface area contributed by atoms with E-state index in [0.29, 0.717) is 41.2 Å². The number of carbonyl (C=O) groups is 1. The number of halogens is 1. The molecule has 142 valence electrons. The van der Waals surface area contributed by atoms with Gasteiger partial charge in [0.1, 0.15) is 0 Å². The minimum absolute atomic E-state index is 0. The summed E-state index contributed by atoms with van der Waals surface area (Å²) < 4.78 is 36.3. The van der Waals surface area contributed by atoms with E-state index in [-0.39, 0.29) is 63.0 Å². The summed E-state index contributed by atoms with van der Waals surface area (Å²) in [5.74, 6) is -0.199. The molecule has 0 saturated heterocycles. The number of nitrogens with zero attached hydrogens (tertiary/aromatic N) is 2. The van der Waals surface area contributed by atoms with Crippen LogP contribution >= 0.6 is 11.6 Å². The molecular formula is C18H16ClKN2O5S. The van der Waals surface area contributed by atoms with Crippen LogP contribution in [0, 0.1) is 6.92 Å². The van der Waals surface area contributed by atoms with Crippen molar-refractivity contribution in [1.29, 1.82) is 0 Å². The van der Waals surface area contributed by atoms with Crippen LogP contribution in [0.2, 0.25) is 5.02 Å². The fourth-order valence-corrected chi connectivity index (χ4v) is 3.33. The Hall–Kier alpha value is -0.784. The summed E-state index contributed by atoms with van der Waals surface area (Å²) in [4.78, 5) is 14.7. The number of carbonyl (C=O) groups excluding carboxylic acids is 1. The first-order valence-electron chi connectivity index (χ1n) is 8.15. The van der Waals surface area contributed by atoms with Crippen molar-refractivity contribution in [2.75, 3.05) is 11.4 Å². The topological polar surface area (TPSA) is 99.1 Å². The molecule has 0 unspecified atom stereocenters. The quantitative estimate of drug-likeness (QED) is 0.292. The number of anilines is 1. The number of hydrogen-bond donors (Lipinski definition) is 0. The molecule has 0 N–H and O–H groups in total. The summed E-state index contributed by atoms with van der Waals surface area (Å²) in [6, 6.07) is 12.1. The standard InChI is InChI=1S/C18H17ClN2O5S.K/c1-12-5-2-3-6-14(12)18(22)21-10-4-7-16(20-26-27(23,24)25)15-9-8-13(19)11-17(15)21;/h2-3,5-6,8-9,11H,4,7,10H2,1H3,(H,23,24,25);/q;+1/p-1/b20-16-;. The van der Waals surface area contributed by atoms with E-state index in [1.165, 1.54) is 0 Å². The maximum Gasteiger partial charge on any atom is 1.00 e. The molecule has 0 fully saturated rings. The van der Waals surface area contributed by atoms with Gasteiger partial charge in [0.2, 0.25) is 0 Å². The van der Waals surface area contributed by atoms with Crippen LogP contribution in [0.15, 0.2) is 47.6 Å². The van der Waals surface area contributed by atoms with Crippen LogP contribution in [-0.4, -0.2) is 31.1 Å². The van der Waals surface area contributed by atoms with Gasteiger partial charge in [-0.3, -0.25) is 9.08 Å². The molecule has 0 aromatic heterocycles. The van der Waals surface area contributed by atoms with Gasteiger partial charge in [-0.05, 0) is 49.6 Å². The Morgan fingerprint density at radius 3 is 2.64 bits per heavy atom. The predicted molar refractivity (Wildman–Crippen MR) is 101 cm³/mol. The largest absolute Gasteiger partial charge is 1.00 e. The van der Waals surface area contributed by atoms with Gasteiger partial charge in [-0.25, -0.2) is 0 Å². The minimum Gasteiger partial charge on any atom is -0.714 e. The van der Waals surface area contributed by atoms with Crippen molar-refractivity contribution in [1.82, 2.24) is 0 Å². The molecule has 0 bridgehead atoms. The molecular weight excluding hydrogens is 431 g/mol. The Bertz CT molecular complexity index is 1030. The van der Waals surface area contributed by atoms with Gasteiger partial charge in [-0.1, -0.05) is 35.0 Å². The molecule has 1 amide bonds. The first-order chi connectivity index (χ1) is 12.8. The van der Waals surface area contributed by atoms with Crippen molar-refractivity contribution in [2.45, 2.75) is 19.8 Å². The summed E-state index contributed by atoms with van der Waals surface area (Å²) in [5, 5.41) is 3.92. The first-order valence-corrected chi connectivity index (χ1v) is 9.86. The summed E-state index contributed by atoms with van der Waals surface area (Å²) in [7, 11) is -4.97. The molecule has 0 saturated carbocycles. The zero-order valence-corrected chi connectivity index (χ0v) is 20.1. The van der Waals surface area contributed by atoms with E-state index in [4.69, 9.17) is 11.6 Å². The van der Waals surface area contributed by atoms with Crippen molar-refractivity contribution in [2.24, 2.45) is 5.16 Å². The van der Waals surface area contributed by atoms with Crippen LogP contribution in [0.1, 0.15) is 34.3 Å². The second-order valence-electron chi connectivity index (χ2n) is 6.06. The molecule has 2 aromatic rings. The molecule has 1 aliphatic heterocycles. The predicted octanol–water partition coefficient (Wildman–Crippen LogP) is 0.274. The van der Waals surface area contributed by atoms with Crippen molar-refractivity contribution < 1.29 is 73.4 Å². The molecule has 2 aromatic carbocycles. The summed E-state index contributed by atoms with van der Waals surface area (Å²) >= 11 is 6.12. The van der Waals surface area contributed by atoms with Crippen LogP contribution in [0.3, 0.4) is 0 Å². The number of fused-ring (bicyclic) bond motifs is 1. The number of amides is 1. The van der Waals surface area contributed by atoms with Crippen LogP contribution in [0.4, 0.5) is 5.69 Å². The van der Waals surface area contributed by atoms with E-state index in [2.05, 4.69) is 9.44 Å². The smallest absolute Gasteiger partial charge is 0.714 e. The fourth-order valence-electron chi connectivity index (χ4n) is 2.99. The Morgan fingerprint density at radius 1 is 1.25 bits per heavy atom. The van der Waals surface area contributed by atoms with Gasteiger partial charge >= 0.3 is 51.4 Å². The molecule has 0 radical (unpaired) electrons. The second-order valence-corrected chi connectivity index (χ2v) is 7.46. The minimum atomic E-state index is -4.97. The maximum atomic E-state index is 13.1. The zero-order chi connectivity index (χ0) is 19.6. The third kappa shape index (κ3) is 5.64. The summed E-state index contributed by atoms with van der Waals surface area (Å²) in [5.41, 5.74) is 2.63. The molecule has 10 heteroatoms. The van der Waals surface area contributed by atoms with Crippen LogP contribution in [-0.2, 0) is 14.7 Å². The fraction of sp³-hybridized carbons (Fsp3) is 0.222. The SMILES string of the molecule is Cc1ccccc1C(=O)N1CCC/C(=N/OS(=O)(=O)[O-])c2ccc(Cl)cc21.[K+]. The maximum absolute atomic E-state index is 13.1. The van der Waals surface area contributed by atoms with E-state index in [9.17, 15) is 17.8 Å². The molecule has 1 aliphatic rings. The zero-order valence-electron chi connectivity index (χ0n) is 15.4. The summed E-state index contributed by atoms with van der Waals surface area (Å²) in [6.45, 7) is 2.23. The van der Waals surface area contributed by atoms with Gasteiger partial charge in [-0.15, -0.1) is 0 Å². The van der Waals surface area contributed by atoms with Crippen LogP contribution in [0.5, 0.6) is 0 Å². The second kappa shape index (κ2) is 9.81. The van der Waals surface area contributed by atoms with E-state index >= 15 is 0 Å². The van der Waals surface area contributed by atoms with Gasteiger partial charge in [-0.2, -0.15) is 8.42 Å². The van der Waals surface area contributed by atoms with E-state index in [0.717, 1.165) is 5.56 Å². The van der Waals surface area contributed by atoms with Crippen molar-refractivity contribution in [3.63, 3.8) is 0 Å². The van der Waals surface area contributed by atoms with E-state index < -0.39 is 10.4 Å². The summed E-state index contributed by atoms with van der Waals surface area (Å²) in [6.07, 6.45) is 0.840. The Kier molecular flexibility index (Phi) is 8.23. The monoisotopic (exact) mass is 446 g/mol. The number of rotatable bonds is 3. The average Bonchev–Trinajstić information content (AvgIpc) is 2.78. The van der Waals surface area contributed by atoms with Crippen LogP contribution in [0.25, 0.3) is 0 Å². The Labute approximate surface area is 211 Å². The van der Waals surface area contributed by atoms with Gasteiger partial charge in [0.05, 0.1) is 11.4 Å². The third-order valence-electron chi connectivity index (χ3n) is 4.22. The van der Waals surface area contributed by atoms with Gasteiger partial charge < -0.3 is 9.45 Å². The Balaban J connectivity index is 0.00000280. The van der Waals surface area contributed by atoms with Gasteiger partial charge in [0, 0.05) is 22.7 Å². The molecule has 7 nitrogen and oxygen atoms in total. The van der Waals surface area contributed by atoms with Crippen molar-refractivity contribution in [3.8, 4) is 0 Å². The number of oxime groups is 1. The van der Waals surface area contributed by atoms with Crippen molar-refractivity contribution >= 4 is 39.3 Å². The molecule has 3 rings (SSSR count). The Morgan fingerprint density at radius 2 is 1.96 bits per heavy atom. The van der Waals surface area contributed by atoms with Crippen molar-refractivity contribution in [3.05, 3.63) is 64.2 Å². The molecule has 1 heterocycles. The first kappa shape index (κ1) is 23.5. The van der Waals surface area contributed by atoms with E-state index in [1.807, 2.05) is 19.1 Å². The van der Waals surface area contributed by atoms with Gasteiger partial charge in [0.25, 0.3) is 16.3 Å². The van der Waals surface area contributed by atoms with E-state index in [1.54, 1.807) is 35.2 Å². The molecule has 0 atom stereocenters. The normalized spacial score (nSPS) is 15.4. The number of benzene rings is 2. The molecule has 0 spiro atoms. The average molecular weight is 447 g/mol. The number of hydrogen-bond acceptors (Lipinski definition) is 6. The molecule has 0 aliphatic carbocycles. The molecule has 28 heavy (non-hydrogen) atoms.